The number of rotatable bonds is 7. The fourth-order valence-electron chi connectivity index (χ4n) is 3.68. The summed E-state index contributed by atoms with van der Waals surface area (Å²) in [7, 11) is 1.60. The zero-order valence-corrected chi connectivity index (χ0v) is 19.2. The van der Waals surface area contributed by atoms with E-state index < -0.39 is 0 Å². The number of ether oxygens (including phenoxy) is 2. The number of piperazine rings is 1. The first-order valence-corrected chi connectivity index (χ1v) is 11.0. The monoisotopic (exact) mass is 447 g/mol. The van der Waals surface area contributed by atoms with Crippen molar-refractivity contribution in [3.8, 4) is 11.5 Å². The van der Waals surface area contributed by atoms with Gasteiger partial charge in [0.25, 0.3) is 5.91 Å². The van der Waals surface area contributed by atoms with E-state index in [-0.39, 0.29) is 12.5 Å². The molecule has 0 saturated carbocycles. The van der Waals surface area contributed by atoms with E-state index in [1.807, 2.05) is 48.2 Å². The molecule has 0 radical (unpaired) electrons. The van der Waals surface area contributed by atoms with Gasteiger partial charge in [0.1, 0.15) is 29.0 Å². The average Bonchev–Trinajstić information content (AvgIpc) is 2.84. The van der Waals surface area contributed by atoms with Gasteiger partial charge in [0.05, 0.1) is 7.11 Å². The van der Waals surface area contributed by atoms with Crippen LogP contribution in [0.2, 0.25) is 0 Å². The minimum absolute atomic E-state index is 0.00437. The summed E-state index contributed by atoms with van der Waals surface area (Å²) < 4.78 is 10.8. The van der Waals surface area contributed by atoms with E-state index in [0.29, 0.717) is 43.5 Å². The van der Waals surface area contributed by atoms with Crippen molar-refractivity contribution in [1.82, 2.24) is 14.9 Å². The van der Waals surface area contributed by atoms with Gasteiger partial charge in [-0.2, -0.15) is 0 Å². The Kier molecular flexibility index (Phi) is 6.92. The van der Waals surface area contributed by atoms with Crippen LogP contribution in [0.25, 0.3) is 0 Å². The number of carbonyl (C=O) groups is 1. The van der Waals surface area contributed by atoms with Crippen LogP contribution in [-0.4, -0.2) is 60.7 Å². The summed E-state index contributed by atoms with van der Waals surface area (Å²) in [5, 5.41) is 3.35. The van der Waals surface area contributed by atoms with Crippen LogP contribution in [-0.2, 0) is 4.79 Å². The third kappa shape index (κ3) is 5.91. The summed E-state index contributed by atoms with van der Waals surface area (Å²) in [6.45, 7) is 6.58. The number of anilines is 3. The van der Waals surface area contributed by atoms with E-state index in [1.54, 1.807) is 13.2 Å². The molecule has 172 valence electrons. The molecule has 33 heavy (non-hydrogen) atoms. The average molecular weight is 448 g/mol. The summed E-state index contributed by atoms with van der Waals surface area (Å²) >= 11 is 0. The lowest BCUT2D eigenvalue weighted by Gasteiger charge is -2.35. The first-order valence-electron chi connectivity index (χ1n) is 11.0. The molecule has 0 bridgehead atoms. The van der Waals surface area contributed by atoms with Crippen molar-refractivity contribution >= 4 is 23.2 Å². The second kappa shape index (κ2) is 10.2. The molecule has 1 aromatic heterocycles. The van der Waals surface area contributed by atoms with Gasteiger partial charge in [-0.3, -0.25) is 4.79 Å². The molecule has 8 nitrogen and oxygen atoms in total. The smallest absolute Gasteiger partial charge is 0.260 e. The molecule has 1 amide bonds. The predicted octanol–water partition coefficient (Wildman–Crippen LogP) is 3.57. The quantitative estimate of drug-likeness (QED) is 0.593. The number of hydrogen-bond donors (Lipinski definition) is 1. The van der Waals surface area contributed by atoms with Crippen molar-refractivity contribution in [2.24, 2.45) is 0 Å². The molecule has 0 spiro atoms. The van der Waals surface area contributed by atoms with Gasteiger partial charge < -0.3 is 24.6 Å². The molecule has 0 unspecified atom stereocenters. The molecule has 1 aliphatic rings. The number of hydrogen-bond acceptors (Lipinski definition) is 7. The molecule has 0 aliphatic carbocycles. The Hall–Kier alpha value is -3.81. The molecule has 8 heteroatoms. The van der Waals surface area contributed by atoms with Crippen LogP contribution in [0.5, 0.6) is 11.5 Å². The van der Waals surface area contributed by atoms with Crippen molar-refractivity contribution in [2.75, 3.05) is 50.1 Å². The highest BCUT2D eigenvalue weighted by Gasteiger charge is 2.23. The topological polar surface area (TPSA) is 79.8 Å². The van der Waals surface area contributed by atoms with E-state index in [2.05, 4.69) is 39.2 Å². The van der Waals surface area contributed by atoms with E-state index in [4.69, 9.17) is 9.47 Å². The third-order valence-electron chi connectivity index (χ3n) is 5.51. The lowest BCUT2D eigenvalue weighted by molar-refractivity contribution is -0.133. The second-order valence-electron chi connectivity index (χ2n) is 7.99. The summed E-state index contributed by atoms with van der Waals surface area (Å²) in [5.41, 5.74) is 2.19. The molecule has 0 atom stereocenters. The molecule has 1 aliphatic heterocycles. The standard InChI is InChI=1S/C25H29N5O3/c1-18-7-9-20(10-8-18)28-23-16-24(27-19(2)26-23)29-11-13-30(14-12-29)25(31)17-33-22-6-4-5-21(15-22)32-3/h4-10,15-16H,11-14,17H2,1-3H3,(H,26,27,28). The van der Waals surface area contributed by atoms with Crippen LogP contribution < -0.4 is 19.7 Å². The van der Waals surface area contributed by atoms with Gasteiger partial charge >= 0.3 is 0 Å². The lowest BCUT2D eigenvalue weighted by atomic mass is 10.2. The number of methoxy groups -OCH3 is 1. The first-order chi connectivity index (χ1) is 16.0. The Balaban J connectivity index is 1.32. The number of aromatic nitrogens is 2. The maximum atomic E-state index is 12.6. The molecule has 1 N–H and O–H groups in total. The molecular formula is C25H29N5O3. The zero-order chi connectivity index (χ0) is 23.2. The van der Waals surface area contributed by atoms with Crippen molar-refractivity contribution < 1.29 is 14.3 Å². The number of carbonyl (C=O) groups excluding carboxylic acids is 1. The van der Waals surface area contributed by atoms with Gasteiger partial charge in [0.2, 0.25) is 0 Å². The van der Waals surface area contributed by atoms with Crippen LogP contribution in [0.15, 0.2) is 54.6 Å². The van der Waals surface area contributed by atoms with Crippen molar-refractivity contribution in [3.05, 3.63) is 66.0 Å². The fourth-order valence-corrected chi connectivity index (χ4v) is 3.68. The van der Waals surface area contributed by atoms with Crippen LogP contribution >= 0.6 is 0 Å². The zero-order valence-electron chi connectivity index (χ0n) is 19.2. The Labute approximate surface area is 194 Å². The Morgan fingerprint density at radius 1 is 0.970 bits per heavy atom. The third-order valence-corrected chi connectivity index (χ3v) is 5.51. The van der Waals surface area contributed by atoms with Gasteiger partial charge in [0.15, 0.2) is 6.61 Å². The summed E-state index contributed by atoms with van der Waals surface area (Å²) in [5.74, 6) is 3.60. The molecule has 1 saturated heterocycles. The minimum atomic E-state index is -0.0296. The summed E-state index contributed by atoms with van der Waals surface area (Å²) in [6.07, 6.45) is 0. The van der Waals surface area contributed by atoms with Crippen LogP contribution in [0.1, 0.15) is 11.4 Å². The number of nitrogens with zero attached hydrogens (tertiary/aromatic N) is 4. The van der Waals surface area contributed by atoms with Crippen LogP contribution in [0, 0.1) is 13.8 Å². The molecular weight excluding hydrogens is 418 g/mol. The van der Waals surface area contributed by atoms with E-state index in [1.165, 1.54) is 5.56 Å². The number of benzene rings is 2. The maximum Gasteiger partial charge on any atom is 0.260 e. The minimum Gasteiger partial charge on any atom is -0.497 e. The highest BCUT2D eigenvalue weighted by molar-refractivity contribution is 5.78. The van der Waals surface area contributed by atoms with E-state index in [9.17, 15) is 4.79 Å². The molecule has 4 rings (SSSR count). The SMILES string of the molecule is COc1cccc(OCC(=O)N2CCN(c3cc(Nc4ccc(C)cc4)nc(C)n3)CC2)c1. The van der Waals surface area contributed by atoms with Gasteiger partial charge in [-0.15, -0.1) is 0 Å². The Bertz CT molecular complexity index is 1100. The van der Waals surface area contributed by atoms with Crippen molar-refractivity contribution in [1.29, 1.82) is 0 Å². The first kappa shape index (κ1) is 22.4. The molecule has 2 heterocycles. The predicted molar refractivity (Wildman–Crippen MR) is 129 cm³/mol. The van der Waals surface area contributed by atoms with Gasteiger partial charge in [-0.25, -0.2) is 9.97 Å². The van der Waals surface area contributed by atoms with Crippen molar-refractivity contribution in [2.45, 2.75) is 13.8 Å². The largest absolute Gasteiger partial charge is 0.497 e. The van der Waals surface area contributed by atoms with Crippen LogP contribution in [0.4, 0.5) is 17.3 Å². The van der Waals surface area contributed by atoms with Gasteiger partial charge in [0, 0.05) is 44.0 Å². The van der Waals surface area contributed by atoms with Crippen LogP contribution in [0.3, 0.4) is 0 Å². The molecule has 1 fully saturated rings. The maximum absolute atomic E-state index is 12.6. The normalized spacial score (nSPS) is 13.5. The lowest BCUT2D eigenvalue weighted by Crippen LogP contribution is -2.50. The number of aryl methyl sites for hydroxylation is 2. The van der Waals surface area contributed by atoms with Gasteiger partial charge in [-0.05, 0) is 38.1 Å². The molecule has 3 aromatic rings. The van der Waals surface area contributed by atoms with E-state index >= 15 is 0 Å². The van der Waals surface area contributed by atoms with Gasteiger partial charge in [-0.1, -0.05) is 23.8 Å². The fraction of sp³-hybridized carbons (Fsp3) is 0.320. The Morgan fingerprint density at radius 2 is 1.70 bits per heavy atom. The van der Waals surface area contributed by atoms with Crippen molar-refractivity contribution in [3.63, 3.8) is 0 Å². The Morgan fingerprint density at radius 3 is 2.42 bits per heavy atom. The highest BCUT2D eigenvalue weighted by Crippen LogP contribution is 2.22. The summed E-state index contributed by atoms with van der Waals surface area (Å²) in [6, 6.07) is 17.4. The number of nitrogens with one attached hydrogen (secondary N) is 1. The molecule has 2 aromatic carbocycles. The second-order valence-corrected chi connectivity index (χ2v) is 7.99. The number of amides is 1. The highest BCUT2D eigenvalue weighted by atomic mass is 16.5. The summed E-state index contributed by atoms with van der Waals surface area (Å²) in [4.78, 5) is 25.8. The van der Waals surface area contributed by atoms with E-state index in [0.717, 1.165) is 17.3 Å².